The lowest BCUT2D eigenvalue weighted by molar-refractivity contribution is -0.121. The second kappa shape index (κ2) is 15.6. The van der Waals surface area contributed by atoms with Crippen LogP contribution >= 0.6 is 21.6 Å². The molecule has 6 aliphatic rings. The van der Waals surface area contributed by atoms with Gasteiger partial charge in [0.1, 0.15) is 11.9 Å². The Hall–Kier alpha value is -3.24. The van der Waals surface area contributed by atoms with E-state index >= 15 is 0 Å². The number of hydrogen-bond donors (Lipinski definition) is 5. The third-order valence-corrected chi connectivity index (χ3v) is 12.8. The highest BCUT2D eigenvalue weighted by Crippen LogP contribution is 2.44. The van der Waals surface area contributed by atoms with Crippen molar-refractivity contribution in [2.24, 2.45) is 10.7 Å². The SMILES string of the molecule is CCCCCC(O)CC(=O)CCc1ccc(O)c2c1CSSCC1CNC(N)c3ccc4c(c31)CC1=CN=C3CN(C=C13)C(CC#CC4O)O2. The number of nitrogens with two attached hydrogens (primary N) is 1. The Kier molecular flexibility index (Phi) is 10.9. The zero-order valence-electron chi connectivity index (χ0n) is 28.5. The quantitative estimate of drug-likeness (QED) is 0.125. The smallest absolute Gasteiger partial charge is 0.183 e. The van der Waals surface area contributed by atoms with Crippen molar-refractivity contribution in [2.75, 3.05) is 18.8 Å². The second-order valence-corrected chi connectivity index (χ2v) is 16.3. The van der Waals surface area contributed by atoms with Gasteiger partial charge in [0.05, 0.1) is 30.9 Å². The number of nitrogens with one attached hydrogen (secondary N) is 1. The molecule has 6 heterocycles. The van der Waals surface area contributed by atoms with Gasteiger partial charge < -0.3 is 30.7 Å². The molecule has 0 fully saturated rings. The maximum Gasteiger partial charge on any atom is 0.183 e. The predicted octanol–water partition coefficient (Wildman–Crippen LogP) is 5.69. The molecule has 5 unspecified atom stereocenters. The van der Waals surface area contributed by atoms with E-state index in [0.29, 0.717) is 50.3 Å². The molecule has 9 nitrogen and oxygen atoms in total. The minimum atomic E-state index is -0.990. The lowest BCUT2D eigenvalue weighted by Crippen LogP contribution is -2.39. The molecule has 0 saturated carbocycles. The molecule has 0 saturated heterocycles. The molecular weight excluding hydrogens is 669 g/mol. The van der Waals surface area contributed by atoms with Gasteiger partial charge in [-0.15, -0.1) is 0 Å². The Labute approximate surface area is 302 Å². The summed E-state index contributed by atoms with van der Waals surface area (Å²) in [4.78, 5) is 19.9. The van der Waals surface area contributed by atoms with Gasteiger partial charge in [0.2, 0.25) is 0 Å². The fourth-order valence-electron chi connectivity index (χ4n) is 7.66. The maximum absolute atomic E-state index is 13.0. The zero-order valence-corrected chi connectivity index (χ0v) is 30.1. The van der Waals surface area contributed by atoms with Crippen molar-refractivity contribution in [3.05, 3.63) is 81.2 Å². The maximum atomic E-state index is 13.0. The summed E-state index contributed by atoms with van der Waals surface area (Å²) in [6.07, 6.45) is 7.10. The van der Waals surface area contributed by atoms with Gasteiger partial charge in [-0.05, 0) is 52.3 Å². The van der Waals surface area contributed by atoms with Crippen molar-refractivity contribution >= 4 is 33.1 Å². The van der Waals surface area contributed by atoms with Crippen molar-refractivity contribution in [2.45, 2.75) is 101 Å². The number of aliphatic imine (C=N–C) groups is 1. The van der Waals surface area contributed by atoms with Gasteiger partial charge in [-0.25, -0.2) is 0 Å². The first-order valence-electron chi connectivity index (χ1n) is 17.8. The van der Waals surface area contributed by atoms with Gasteiger partial charge in [0.25, 0.3) is 0 Å². The van der Waals surface area contributed by atoms with E-state index in [-0.39, 0.29) is 36.5 Å². The van der Waals surface area contributed by atoms with Crippen molar-refractivity contribution in [3.63, 3.8) is 0 Å². The number of aliphatic hydroxyl groups is 2. The molecule has 11 heteroatoms. The number of aromatic hydroxyl groups is 1. The van der Waals surface area contributed by atoms with Crippen LogP contribution in [0, 0.1) is 11.8 Å². The number of rotatable bonds is 9. The number of carbonyl (C=O) groups excluding carboxylic acids is 1. The summed E-state index contributed by atoms with van der Waals surface area (Å²) in [6, 6.07) is 7.55. The predicted molar refractivity (Wildman–Crippen MR) is 200 cm³/mol. The van der Waals surface area contributed by atoms with Crippen LogP contribution in [-0.4, -0.2) is 62.9 Å². The van der Waals surface area contributed by atoms with Crippen LogP contribution in [0.5, 0.6) is 11.5 Å². The van der Waals surface area contributed by atoms with Gasteiger partial charge in [0, 0.05) is 66.8 Å². The minimum Gasteiger partial charge on any atom is -0.504 e. The number of benzene rings is 2. The number of phenolic OH excluding ortho intramolecular Hbond substituents is 1. The van der Waals surface area contributed by atoms with E-state index in [2.05, 4.69) is 35.2 Å². The summed E-state index contributed by atoms with van der Waals surface area (Å²) < 4.78 is 6.75. The molecule has 0 amide bonds. The van der Waals surface area contributed by atoms with Crippen LogP contribution in [0.4, 0.5) is 0 Å². The van der Waals surface area contributed by atoms with Gasteiger partial charge in [-0.1, -0.05) is 77.8 Å². The number of unbranched alkanes of at least 4 members (excludes halogenated alkanes) is 2. The number of nitrogens with zero attached hydrogens (tertiary/aromatic N) is 2. The molecule has 6 aliphatic heterocycles. The topological polar surface area (TPSA) is 141 Å². The molecule has 50 heavy (non-hydrogen) atoms. The lowest BCUT2D eigenvalue weighted by Gasteiger charge is -2.34. The highest BCUT2D eigenvalue weighted by molar-refractivity contribution is 8.76. The molecule has 2 aromatic rings. The number of ether oxygens (including phenoxy) is 1. The summed E-state index contributed by atoms with van der Waals surface area (Å²) in [5, 5.41) is 36.8. The van der Waals surface area contributed by atoms with Crippen LogP contribution in [0.25, 0.3) is 0 Å². The van der Waals surface area contributed by atoms with Crippen molar-refractivity contribution in [1.29, 1.82) is 0 Å². The number of fused-ring (bicyclic) bond motifs is 5. The number of aliphatic hydroxyl groups excluding tert-OH is 2. The number of Topliss-reactive ketones (excluding diaryl/α,β-unsaturated/α-hetero) is 1. The minimum absolute atomic E-state index is 0.0323. The van der Waals surface area contributed by atoms with Crippen LogP contribution in [0.1, 0.15) is 103 Å². The third kappa shape index (κ3) is 7.38. The molecule has 6 bridgehead atoms. The van der Waals surface area contributed by atoms with Gasteiger partial charge in [-0.2, -0.15) is 0 Å². The van der Waals surface area contributed by atoms with Crippen LogP contribution in [0.2, 0.25) is 0 Å². The van der Waals surface area contributed by atoms with Crippen molar-refractivity contribution in [3.8, 4) is 23.3 Å². The van der Waals surface area contributed by atoms with E-state index < -0.39 is 18.4 Å². The summed E-state index contributed by atoms with van der Waals surface area (Å²) >= 11 is 0. The summed E-state index contributed by atoms with van der Waals surface area (Å²) in [7, 11) is 3.47. The number of carbonyl (C=O) groups is 1. The van der Waals surface area contributed by atoms with Crippen molar-refractivity contribution in [1.82, 2.24) is 10.2 Å². The Morgan fingerprint density at radius 2 is 2.06 bits per heavy atom. The summed E-state index contributed by atoms with van der Waals surface area (Å²) in [6.45, 7) is 3.37. The molecular formula is C39H46N4O5S2. The Bertz CT molecular complexity index is 1800. The number of ketones is 1. The first kappa shape index (κ1) is 35.2. The van der Waals surface area contributed by atoms with Gasteiger partial charge >= 0.3 is 0 Å². The highest BCUT2D eigenvalue weighted by Gasteiger charge is 2.35. The third-order valence-electron chi connectivity index (χ3n) is 10.4. The normalized spacial score (nSPS) is 24.4. The Balaban J connectivity index is 1.26. The first-order chi connectivity index (χ1) is 24.3. The Morgan fingerprint density at radius 3 is 2.92 bits per heavy atom. The molecule has 2 aromatic carbocycles. The molecule has 6 N–H and O–H groups in total. The van der Waals surface area contributed by atoms with Crippen LogP contribution in [-0.2, 0) is 23.4 Å². The van der Waals surface area contributed by atoms with Gasteiger partial charge in [-0.3, -0.25) is 15.1 Å². The zero-order chi connectivity index (χ0) is 34.8. The van der Waals surface area contributed by atoms with E-state index in [1.54, 1.807) is 27.7 Å². The second-order valence-electron chi connectivity index (χ2n) is 13.8. The molecule has 0 aliphatic carbocycles. The van der Waals surface area contributed by atoms with E-state index in [9.17, 15) is 20.1 Å². The van der Waals surface area contributed by atoms with Crippen LogP contribution in [0.15, 0.2) is 52.8 Å². The highest BCUT2D eigenvalue weighted by atomic mass is 33.1. The molecule has 0 radical (unpaired) electrons. The standard InChI is InChI=1S/C39H46N4O5S2/c1-2-3-4-6-26(44)16-27(45)11-9-23-10-14-35(47)38-32(23)22-50-49-21-25-18-42-39(40)29-13-12-28-30(37(25)29)15-24-17-41-33-20-43(19-31(24)33)36(48-38)8-5-7-34(28)46/h10,12-14,17,19,25-26,34,36,39,42,44,46-47H,2-4,6,8-9,11,15-16,18,20-22,40H2,1H3. The van der Waals surface area contributed by atoms with E-state index in [1.807, 2.05) is 24.4 Å². The van der Waals surface area contributed by atoms with E-state index in [0.717, 1.165) is 69.7 Å². The number of aryl methyl sites for hydroxylation is 1. The average Bonchev–Trinajstić information content (AvgIpc) is 3.68. The number of allylic oxidation sites excluding steroid dienone is 1. The summed E-state index contributed by atoms with van der Waals surface area (Å²) in [5.74, 6) is 8.29. The van der Waals surface area contributed by atoms with Crippen LogP contribution < -0.4 is 15.8 Å². The van der Waals surface area contributed by atoms with Crippen molar-refractivity contribution < 1.29 is 24.9 Å². The average molecular weight is 715 g/mol. The fourth-order valence-corrected chi connectivity index (χ4v) is 10.1. The van der Waals surface area contributed by atoms with E-state index in [4.69, 9.17) is 15.5 Å². The molecule has 0 spiro atoms. The van der Waals surface area contributed by atoms with Gasteiger partial charge in [0.15, 0.2) is 17.7 Å². The monoisotopic (exact) mass is 714 g/mol. The molecule has 8 rings (SSSR count). The van der Waals surface area contributed by atoms with Crippen LogP contribution in [0.3, 0.4) is 0 Å². The first-order valence-corrected chi connectivity index (χ1v) is 20.3. The molecule has 264 valence electrons. The summed E-state index contributed by atoms with van der Waals surface area (Å²) in [5.41, 5.74) is 15.7. The molecule has 5 atom stereocenters. The largest absolute Gasteiger partial charge is 0.504 e. The fraction of sp³-hybridized carbons (Fsp3) is 0.487. The Morgan fingerprint density at radius 1 is 1.20 bits per heavy atom. The number of phenols is 1. The number of hydrogen-bond acceptors (Lipinski definition) is 11. The lowest BCUT2D eigenvalue weighted by atomic mass is 9.80. The van der Waals surface area contributed by atoms with E-state index in [1.165, 1.54) is 5.56 Å². The molecule has 0 aromatic heterocycles.